The van der Waals surface area contributed by atoms with E-state index in [0.717, 1.165) is 5.75 Å². The van der Waals surface area contributed by atoms with E-state index in [9.17, 15) is 9.18 Å². The molecule has 22 heavy (non-hydrogen) atoms. The third-order valence-electron chi connectivity index (χ3n) is 3.24. The molecule has 1 amide bonds. The summed E-state index contributed by atoms with van der Waals surface area (Å²) in [5.41, 5.74) is 1.56. The number of hydrogen-bond acceptors (Lipinski definition) is 2. The Morgan fingerprint density at radius 1 is 1.18 bits per heavy atom. The Morgan fingerprint density at radius 3 is 2.55 bits per heavy atom. The number of nitrogens with one attached hydrogen (secondary N) is 1. The molecule has 1 atom stereocenters. The van der Waals surface area contributed by atoms with Gasteiger partial charge >= 0.3 is 0 Å². The van der Waals surface area contributed by atoms with Crippen molar-refractivity contribution in [3.63, 3.8) is 0 Å². The van der Waals surface area contributed by atoms with Crippen molar-refractivity contribution in [2.24, 2.45) is 0 Å². The molecule has 2 aromatic rings. The lowest BCUT2D eigenvalue weighted by molar-refractivity contribution is -0.121. The lowest BCUT2D eigenvalue weighted by Gasteiger charge is -2.15. The molecule has 0 fully saturated rings. The number of ether oxygens (including phenoxy) is 1. The van der Waals surface area contributed by atoms with Gasteiger partial charge in [0.2, 0.25) is 5.91 Å². The van der Waals surface area contributed by atoms with Gasteiger partial charge in [0, 0.05) is 0 Å². The van der Waals surface area contributed by atoms with Gasteiger partial charge in [-0.25, -0.2) is 4.39 Å². The van der Waals surface area contributed by atoms with Crippen LogP contribution in [0.4, 0.5) is 4.39 Å². The molecule has 3 nitrogen and oxygen atoms in total. The number of aryl methyl sites for hydroxylation is 1. The van der Waals surface area contributed by atoms with Crippen LogP contribution in [0.5, 0.6) is 5.75 Å². The number of amides is 1. The first-order valence-corrected chi connectivity index (χ1v) is 7.27. The molecule has 0 radical (unpaired) electrons. The number of carbonyl (C=O) groups excluding carboxylic acids is 1. The van der Waals surface area contributed by atoms with Crippen molar-refractivity contribution in [3.8, 4) is 5.75 Å². The Morgan fingerprint density at radius 2 is 1.86 bits per heavy atom. The number of carbonyl (C=O) groups is 1. The topological polar surface area (TPSA) is 38.3 Å². The minimum Gasteiger partial charge on any atom is -0.491 e. The molecule has 0 aromatic heterocycles. The molecular formula is C18H20FNO2. The fraction of sp³-hybridized carbons (Fsp3) is 0.278. The highest BCUT2D eigenvalue weighted by molar-refractivity contribution is 5.78. The van der Waals surface area contributed by atoms with E-state index in [4.69, 9.17) is 4.74 Å². The van der Waals surface area contributed by atoms with E-state index in [-0.39, 0.29) is 24.2 Å². The molecule has 0 spiro atoms. The summed E-state index contributed by atoms with van der Waals surface area (Å²) in [6, 6.07) is 13.9. The van der Waals surface area contributed by atoms with Crippen molar-refractivity contribution in [2.75, 3.05) is 6.61 Å². The van der Waals surface area contributed by atoms with Gasteiger partial charge in [0.05, 0.1) is 12.5 Å². The molecule has 0 saturated heterocycles. The monoisotopic (exact) mass is 301 g/mol. The van der Waals surface area contributed by atoms with Gasteiger partial charge in [-0.15, -0.1) is 0 Å². The van der Waals surface area contributed by atoms with Crippen molar-refractivity contribution in [1.29, 1.82) is 0 Å². The van der Waals surface area contributed by atoms with Crippen molar-refractivity contribution in [2.45, 2.75) is 26.3 Å². The molecular weight excluding hydrogens is 281 g/mol. The van der Waals surface area contributed by atoms with E-state index in [2.05, 4.69) is 5.32 Å². The molecule has 0 aliphatic heterocycles. The van der Waals surface area contributed by atoms with Gasteiger partial charge in [-0.05, 0) is 37.6 Å². The van der Waals surface area contributed by atoms with Gasteiger partial charge in [0.25, 0.3) is 0 Å². The predicted octanol–water partition coefficient (Wildman–Crippen LogP) is 3.26. The predicted molar refractivity (Wildman–Crippen MR) is 84.4 cm³/mol. The highest BCUT2D eigenvalue weighted by Crippen LogP contribution is 2.11. The maximum atomic E-state index is 13.5. The van der Waals surface area contributed by atoms with Crippen molar-refractivity contribution in [3.05, 3.63) is 65.5 Å². The first-order valence-electron chi connectivity index (χ1n) is 7.27. The Balaban J connectivity index is 1.79. The maximum Gasteiger partial charge on any atom is 0.224 e. The van der Waals surface area contributed by atoms with Crippen molar-refractivity contribution >= 4 is 5.91 Å². The van der Waals surface area contributed by atoms with Crippen LogP contribution in [0.25, 0.3) is 0 Å². The fourth-order valence-electron chi connectivity index (χ4n) is 2.04. The van der Waals surface area contributed by atoms with Crippen LogP contribution >= 0.6 is 0 Å². The van der Waals surface area contributed by atoms with E-state index in [1.807, 2.05) is 38.1 Å². The van der Waals surface area contributed by atoms with Crippen LogP contribution in [-0.2, 0) is 11.2 Å². The summed E-state index contributed by atoms with van der Waals surface area (Å²) >= 11 is 0. The Hall–Kier alpha value is -2.36. The molecule has 0 aliphatic carbocycles. The molecule has 0 bridgehead atoms. The SMILES string of the molecule is Cc1ccc(OC[C@H](C)NC(=O)Cc2ccccc2F)cc1. The molecule has 116 valence electrons. The third-order valence-corrected chi connectivity index (χ3v) is 3.24. The van der Waals surface area contributed by atoms with E-state index >= 15 is 0 Å². The normalized spacial score (nSPS) is 11.8. The van der Waals surface area contributed by atoms with Crippen LogP contribution < -0.4 is 10.1 Å². The lowest BCUT2D eigenvalue weighted by atomic mass is 10.1. The van der Waals surface area contributed by atoms with Crippen LogP contribution in [0, 0.1) is 12.7 Å². The van der Waals surface area contributed by atoms with Gasteiger partial charge < -0.3 is 10.1 Å². The highest BCUT2D eigenvalue weighted by atomic mass is 19.1. The number of benzene rings is 2. The average molecular weight is 301 g/mol. The second-order valence-electron chi connectivity index (χ2n) is 5.36. The van der Waals surface area contributed by atoms with E-state index in [0.29, 0.717) is 12.2 Å². The number of hydrogen-bond donors (Lipinski definition) is 1. The summed E-state index contributed by atoms with van der Waals surface area (Å²) in [5, 5.41) is 2.81. The fourth-order valence-corrected chi connectivity index (χ4v) is 2.04. The quantitative estimate of drug-likeness (QED) is 0.889. The van der Waals surface area contributed by atoms with Crippen LogP contribution in [0.2, 0.25) is 0 Å². The Bertz CT molecular complexity index is 625. The van der Waals surface area contributed by atoms with Crippen molar-refractivity contribution < 1.29 is 13.9 Å². The molecule has 0 saturated carbocycles. The largest absolute Gasteiger partial charge is 0.491 e. The first-order chi connectivity index (χ1) is 10.5. The van der Waals surface area contributed by atoms with Crippen molar-refractivity contribution in [1.82, 2.24) is 5.32 Å². The zero-order valence-electron chi connectivity index (χ0n) is 12.8. The second-order valence-corrected chi connectivity index (χ2v) is 5.36. The summed E-state index contributed by atoms with van der Waals surface area (Å²) in [4.78, 5) is 11.9. The average Bonchev–Trinajstić information content (AvgIpc) is 2.49. The zero-order valence-corrected chi connectivity index (χ0v) is 12.8. The summed E-state index contributed by atoms with van der Waals surface area (Å²) in [7, 11) is 0. The smallest absolute Gasteiger partial charge is 0.224 e. The molecule has 0 heterocycles. The summed E-state index contributed by atoms with van der Waals surface area (Å²) in [6.45, 7) is 4.23. The third kappa shape index (κ3) is 4.88. The molecule has 0 aliphatic rings. The van der Waals surface area contributed by atoms with E-state index < -0.39 is 0 Å². The first kappa shape index (κ1) is 16.0. The number of rotatable bonds is 6. The second kappa shape index (κ2) is 7.59. The van der Waals surface area contributed by atoms with Gasteiger partial charge in [0.1, 0.15) is 18.2 Å². The Labute approximate surface area is 130 Å². The number of halogens is 1. The van der Waals surface area contributed by atoms with Gasteiger partial charge in [-0.1, -0.05) is 35.9 Å². The summed E-state index contributed by atoms with van der Waals surface area (Å²) in [6.07, 6.45) is 0.0293. The van der Waals surface area contributed by atoms with Crippen LogP contribution in [0.15, 0.2) is 48.5 Å². The molecule has 2 rings (SSSR count). The maximum absolute atomic E-state index is 13.5. The zero-order chi connectivity index (χ0) is 15.9. The lowest BCUT2D eigenvalue weighted by Crippen LogP contribution is -2.37. The molecule has 1 N–H and O–H groups in total. The van der Waals surface area contributed by atoms with Crippen LogP contribution in [-0.4, -0.2) is 18.6 Å². The van der Waals surface area contributed by atoms with Crippen LogP contribution in [0.1, 0.15) is 18.1 Å². The van der Waals surface area contributed by atoms with Crippen LogP contribution in [0.3, 0.4) is 0 Å². The van der Waals surface area contributed by atoms with Gasteiger partial charge in [0.15, 0.2) is 0 Å². The standard InChI is InChI=1S/C18H20FNO2/c1-13-7-9-16(10-8-13)22-12-14(2)20-18(21)11-15-5-3-4-6-17(15)19/h3-10,14H,11-12H2,1-2H3,(H,20,21)/t14-/m0/s1. The van der Waals surface area contributed by atoms with E-state index in [1.54, 1.807) is 18.2 Å². The Kier molecular flexibility index (Phi) is 5.53. The van der Waals surface area contributed by atoms with Gasteiger partial charge in [-0.3, -0.25) is 4.79 Å². The minimum atomic E-state index is -0.360. The van der Waals surface area contributed by atoms with Gasteiger partial charge in [-0.2, -0.15) is 0 Å². The molecule has 2 aromatic carbocycles. The minimum absolute atomic E-state index is 0.0293. The molecule has 0 unspecified atom stereocenters. The van der Waals surface area contributed by atoms with E-state index in [1.165, 1.54) is 11.6 Å². The summed E-state index contributed by atoms with van der Waals surface area (Å²) in [5.74, 6) is 0.187. The molecule has 4 heteroatoms. The summed E-state index contributed by atoms with van der Waals surface area (Å²) < 4.78 is 19.1. The highest BCUT2D eigenvalue weighted by Gasteiger charge is 2.11.